The average Bonchev–Trinajstić information content (AvgIpc) is 3.48. The highest BCUT2D eigenvalue weighted by Gasteiger charge is 2.20. The average molecular weight is 541 g/mol. The summed E-state index contributed by atoms with van der Waals surface area (Å²) in [6, 6.07) is 45.4. The van der Waals surface area contributed by atoms with Gasteiger partial charge in [0.1, 0.15) is 5.82 Å². The van der Waals surface area contributed by atoms with Crippen molar-refractivity contribution < 1.29 is 4.11 Å². The molecule has 0 bridgehead atoms. The first-order valence-electron chi connectivity index (χ1n) is 15.5. The van der Waals surface area contributed by atoms with Crippen molar-refractivity contribution in [2.45, 2.75) is 6.85 Å². The van der Waals surface area contributed by atoms with Gasteiger partial charge < -0.3 is 0 Å². The van der Waals surface area contributed by atoms with E-state index in [1.54, 1.807) is 0 Å². The lowest BCUT2D eigenvalue weighted by atomic mass is 9.85. The Morgan fingerprint density at radius 3 is 1.76 bits per heavy atom. The number of para-hydroxylation sites is 3. The molecule has 0 unspecified atom stereocenters. The number of benzene rings is 6. The quantitative estimate of drug-likeness (QED) is 0.208. The molecule has 0 saturated heterocycles. The van der Waals surface area contributed by atoms with Crippen molar-refractivity contribution in [1.82, 2.24) is 14.5 Å². The van der Waals surface area contributed by atoms with Gasteiger partial charge in [-0.15, -0.1) is 0 Å². The second kappa shape index (κ2) is 9.83. The van der Waals surface area contributed by atoms with E-state index in [2.05, 4.69) is 88.8 Å². The molecule has 198 valence electrons. The topological polar surface area (TPSA) is 30.7 Å². The fourth-order valence-corrected chi connectivity index (χ4v) is 6.25. The van der Waals surface area contributed by atoms with Gasteiger partial charge in [0.2, 0.25) is 0 Å². The number of hydrogen-bond donors (Lipinski definition) is 0. The first-order valence-corrected chi connectivity index (χ1v) is 14.0. The van der Waals surface area contributed by atoms with E-state index in [-0.39, 0.29) is 5.82 Å². The Hall–Kier alpha value is -5.54. The second-order valence-corrected chi connectivity index (χ2v) is 10.4. The van der Waals surface area contributed by atoms with Gasteiger partial charge in [-0.25, -0.2) is 4.98 Å². The van der Waals surface area contributed by atoms with Gasteiger partial charge in [-0.1, -0.05) is 103 Å². The number of hydrogen-bond acceptors (Lipinski definition) is 2. The maximum atomic E-state index is 8.37. The highest BCUT2D eigenvalue weighted by atomic mass is 15.1. The number of imidazole rings is 1. The fraction of sp³-hybridized carbons (Fsp3) is 0.0256. The van der Waals surface area contributed by atoms with Crippen LogP contribution >= 0.6 is 0 Å². The SMILES string of the molecule is [2H]C([2H])([2H])c1nc2ccccc2n1-c1ccccc1-c1c2ccccc2c(-c2ccc(-c3ccncc3)cc2)c2ccccc12. The fourth-order valence-electron chi connectivity index (χ4n) is 6.25. The molecule has 6 aromatic carbocycles. The van der Waals surface area contributed by atoms with Crippen molar-refractivity contribution in [3.8, 4) is 39.1 Å². The third-order valence-electron chi connectivity index (χ3n) is 8.09. The monoisotopic (exact) mass is 540 g/mol. The first-order chi connectivity index (χ1) is 22.0. The number of fused-ring (bicyclic) bond motifs is 3. The molecule has 0 atom stereocenters. The van der Waals surface area contributed by atoms with E-state index in [9.17, 15) is 0 Å². The number of rotatable bonds is 4. The number of aromatic nitrogens is 3. The molecule has 0 aliphatic carbocycles. The van der Waals surface area contributed by atoms with Crippen molar-refractivity contribution >= 4 is 32.6 Å². The van der Waals surface area contributed by atoms with Crippen molar-refractivity contribution in [3.63, 3.8) is 0 Å². The van der Waals surface area contributed by atoms with Crippen LogP contribution in [0.15, 0.2) is 146 Å². The van der Waals surface area contributed by atoms with E-state index in [1.165, 1.54) is 5.56 Å². The van der Waals surface area contributed by atoms with Crippen LogP contribution in [-0.2, 0) is 0 Å². The molecule has 3 nitrogen and oxygen atoms in total. The zero-order valence-corrected chi connectivity index (χ0v) is 22.7. The maximum Gasteiger partial charge on any atom is 0.111 e. The maximum absolute atomic E-state index is 8.37. The highest BCUT2D eigenvalue weighted by molar-refractivity contribution is 6.22. The molecule has 42 heavy (non-hydrogen) atoms. The molecule has 0 aliphatic rings. The molecule has 3 heteroatoms. The van der Waals surface area contributed by atoms with Crippen LogP contribution in [0.25, 0.3) is 71.6 Å². The van der Waals surface area contributed by atoms with Gasteiger partial charge in [-0.3, -0.25) is 9.55 Å². The molecule has 0 spiro atoms. The predicted octanol–water partition coefficient (Wildman–Crippen LogP) is 10.0. The summed E-state index contributed by atoms with van der Waals surface area (Å²) in [6.07, 6.45) is 3.63. The van der Waals surface area contributed by atoms with Crippen molar-refractivity contribution in [2.24, 2.45) is 0 Å². The zero-order chi connectivity index (χ0) is 30.5. The molecule has 0 radical (unpaired) electrons. The molecule has 0 N–H and O–H groups in total. The summed E-state index contributed by atoms with van der Waals surface area (Å²) in [4.78, 5) is 8.76. The molecule has 0 saturated carbocycles. The summed E-state index contributed by atoms with van der Waals surface area (Å²) < 4.78 is 26.9. The van der Waals surface area contributed by atoms with Crippen LogP contribution in [0.3, 0.4) is 0 Å². The van der Waals surface area contributed by atoms with Crippen LogP contribution in [0.2, 0.25) is 0 Å². The zero-order valence-electron chi connectivity index (χ0n) is 25.7. The summed E-state index contributed by atoms with van der Waals surface area (Å²) in [7, 11) is 0. The van der Waals surface area contributed by atoms with Crippen molar-refractivity contribution in [2.75, 3.05) is 0 Å². The first kappa shape index (κ1) is 21.2. The smallest absolute Gasteiger partial charge is 0.111 e. The van der Waals surface area contributed by atoms with Gasteiger partial charge in [0.15, 0.2) is 0 Å². The Kier molecular flexibility index (Phi) is 4.97. The highest BCUT2D eigenvalue weighted by Crippen LogP contribution is 2.45. The van der Waals surface area contributed by atoms with Gasteiger partial charge in [0.05, 0.1) is 16.7 Å². The Balaban J connectivity index is 1.42. The van der Waals surface area contributed by atoms with Gasteiger partial charge >= 0.3 is 0 Å². The van der Waals surface area contributed by atoms with E-state index >= 15 is 0 Å². The Bertz CT molecular complexity index is 2300. The molecule has 0 amide bonds. The summed E-state index contributed by atoms with van der Waals surface area (Å²) in [5.41, 5.74) is 8.75. The molecule has 2 aromatic heterocycles. The Morgan fingerprint density at radius 2 is 1.07 bits per heavy atom. The van der Waals surface area contributed by atoms with Crippen molar-refractivity contribution in [1.29, 1.82) is 0 Å². The number of pyridine rings is 1. The Morgan fingerprint density at radius 1 is 0.524 bits per heavy atom. The van der Waals surface area contributed by atoms with E-state index in [0.29, 0.717) is 5.52 Å². The van der Waals surface area contributed by atoms with Crippen LogP contribution in [0.5, 0.6) is 0 Å². The van der Waals surface area contributed by atoms with Crippen LogP contribution in [0.1, 0.15) is 9.94 Å². The van der Waals surface area contributed by atoms with E-state index in [0.717, 1.165) is 60.6 Å². The normalized spacial score (nSPS) is 12.8. The third-order valence-corrected chi connectivity index (χ3v) is 8.09. The summed E-state index contributed by atoms with van der Waals surface area (Å²) in [5, 5.41) is 4.45. The van der Waals surface area contributed by atoms with Gasteiger partial charge in [-0.2, -0.15) is 0 Å². The largest absolute Gasteiger partial charge is 0.296 e. The van der Waals surface area contributed by atoms with Gasteiger partial charge in [0.25, 0.3) is 0 Å². The van der Waals surface area contributed by atoms with Crippen LogP contribution < -0.4 is 0 Å². The van der Waals surface area contributed by atoms with E-state index in [4.69, 9.17) is 4.11 Å². The molecule has 2 heterocycles. The number of aryl methyl sites for hydroxylation is 1. The van der Waals surface area contributed by atoms with Gasteiger partial charge in [-0.05, 0) is 86.5 Å². The second-order valence-electron chi connectivity index (χ2n) is 10.4. The molecule has 8 aromatic rings. The van der Waals surface area contributed by atoms with E-state index in [1.807, 2.05) is 71.6 Å². The van der Waals surface area contributed by atoms with Crippen LogP contribution in [0.4, 0.5) is 0 Å². The lowest BCUT2D eigenvalue weighted by Crippen LogP contribution is -2.00. The lowest BCUT2D eigenvalue weighted by Gasteiger charge is -2.20. The molecule has 0 fully saturated rings. The summed E-state index contributed by atoms with van der Waals surface area (Å²) in [6.45, 7) is -2.40. The van der Waals surface area contributed by atoms with E-state index < -0.39 is 6.85 Å². The Labute approximate surface area is 248 Å². The molecular formula is C39H27N3. The minimum Gasteiger partial charge on any atom is -0.296 e. The third kappa shape index (κ3) is 3.82. The standard InChI is InChI=1S/C39H27N3/c1-26-41-35-15-7-9-17-37(35)42(26)36-16-8-6-14-34(36)39-32-12-4-2-10-30(32)38(31-11-3-5-13-33(31)39)29-20-18-27(19-21-29)28-22-24-40-25-23-28/h2-25H,1H3/i1D3. The molecular weight excluding hydrogens is 510 g/mol. The van der Waals surface area contributed by atoms with Crippen molar-refractivity contribution in [3.05, 3.63) is 152 Å². The van der Waals surface area contributed by atoms with Crippen LogP contribution in [-0.4, -0.2) is 14.5 Å². The summed E-state index contributed by atoms with van der Waals surface area (Å²) in [5.74, 6) is 0.0515. The minimum atomic E-state index is -2.40. The minimum absolute atomic E-state index is 0.0515. The lowest BCUT2D eigenvalue weighted by molar-refractivity contribution is 1.00. The predicted molar refractivity (Wildman–Crippen MR) is 175 cm³/mol. The number of nitrogens with zero attached hydrogens (tertiary/aromatic N) is 3. The molecule has 0 aliphatic heterocycles. The summed E-state index contributed by atoms with van der Waals surface area (Å²) >= 11 is 0. The van der Waals surface area contributed by atoms with Gasteiger partial charge in [0, 0.05) is 22.1 Å². The van der Waals surface area contributed by atoms with Crippen LogP contribution in [0, 0.1) is 6.85 Å². The molecule has 8 rings (SSSR count).